The van der Waals surface area contributed by atoms with Crippen molar-refractivity contribution in [1.82, 2.24) is 19.7 Å². The molecular formula is C36H39ClN4O3S. The molecule has 0 spiro atoms. The Bertz CT molecular complexity index is 1910. The third-order valence-corrected chi connectivity index (χ3v) is 10.5. The Morgan fingerprint density at radius 2 is 1.73 bits per heavy atom. The van der Waals surface area contributed by atoms with E-state index >= 15 is 0 Å². The van der Waals surface area contributed by atoms with Crippen molar-refractivity contribution in [3.63, 3.8) is 0 Å². The van der Waals surface area contributed by atoms with Crippen LogP contribution in [0.15, 0.2) is 48.5 Å². The van der Waals surface area contributed by atoms with Crippen LogP contribution in [0.1, 0.15) is 75.3 Å². The molecule has 2 fully saturated rings. The number of ether oxygens (including phenoxy) is 1. The number of aryl methyl sites for hydroxylation is 2. The Labute approximate surface area is 272 Å². The predicted molar refractivity (Wildman–Crippen MR) is 182 cm³/mol. The standard InChI is InChI=1S/C36H39ClN4O3S/c1-20-18-27-33(30(21-6-9-24(37)10-7-21)29(20)32(35(42)43)44-36(2,3)4)45-34(38-27)23-8-13-28-26(19-23)31(39-40(28)5)22-14-16-41(17-15-22)25-11-12-25/h6-10,13,18-19,22,25,32H,11-12,14-17H2,1-5H3,(H,42,43). The molecule has 2 aromatic heterocycles. The molecule has 1 aliphatic heterocycles. The first-order valence-electron chi connectivity index (χ1n) is 15.8. The van der Waals surface area contributed by atoms with Crippen LogP contribution in [0.3, 0.4) is 0 Å². The van der Waals surface area contributed by atoms with E-state index in [2.05, 4.69) is 23.1 Å². The number of rotatable bonds is 7. The summed E-state index contributed by atoms with van der Waals surface area (Å²) in [5.74, 6) is -0.573. The molecule has 1 N–H and O–H groups in total. The van der Waals surface area contributed by atoms with E-state index in [1.807, 2.05) is 69.8 Å². The van der Waals surface area contributed by atoms with Crippen LogP contribution in [-0.4, -0.2) is 55.5 Å². The maximum Gasteiger partial charge on any atom is 0.337 e. The number of benzene rings is 3. The Morgan fingerprint density at radius 1 is 1.04 bits per heavy atom. The fourth-order valence-electron chi connectivity index (χ4n) is 6.87. The largest absolute Gasteiger partial charge is 0.479 e. The summed E-state index contributed by atoms with van der Waals surface area (Å²) < 4.78 is 9.12. The van der Waals surface area contributed by atoms with Crippen molar-refractivity contribution in [3.8, 4) is 21.7 Å². The van der Waals surface area contributed by atoms with Crippen LogP contribution in [0.25, 0.3) is 42.8 Å². The van der Waals surface area contributed by atoms with E-state index in [1.165, 1.54) is 23.9 Å². The highest BCUT2D eigenvalue weighted by molar-refractivity contribution is 7.22. The summed E-state index contributed by atoms with van der Waals surface area (Å²) in [5.41, 5.74) is 6.70. The van der Waals surface area contributed by atoms with Gasteiger partial charge in [0.25, 0.3) is 0 Å². The lowest BCUT2D eigenvalue weighted by Gasteiger charge is -2.31. The molecule has 3 heterocycles. The number of nitrogens with zero attached hydrogens (tertiary/aromatic N) is 4. The van der Waals surface area contributed by atoms with Gasteiger partial charge >= 0.3 is 5.97 Å². The molecule has 234 valence electrons. The minimum atomic E-state index is -1.15. The van der Waals surface area contributed by atoms with Gasteiger partial charge in [-0.25, -0.2) is 9.78 Å². The third-order valence-electron chi connectivity index (χ3n) is 9.12. The SMILES string of the molecule is Cc1cc2nc(-c3ccc4c(c3)c(C3CCN(C5CC5)CC3)nn4C)sc2c(-c2ccc(Cl)cc2)c1C(OC(C)(C)C)C(=O)O. The van der Waals surface area contributed by atoms with Gasteiger partial charge in [0.2, 0.25) is 0 Å². The molecule has 1 saturated carbocycles. The molecule has 7 rings (SSSR count). The van der Waals surface area contributed by atoms with Crippen molar-refractivity contribution in [2.45, 2.75) is 77.0 Å². The van der Waals surface area contributed by atoms with Crippen molar-refractivity contribution in [3.05, 3.63) is 70.4 Å². The van der Waals surface area contributed by atoms with Gasteiger partial charge in [-0.05, 0) is 114 Å². The Balaban J connectivity index is 1.35. The maximum absolute atomic E-state index is 12.7. The highest BCUT2D eigenvalue weighted by Crippen LogP contribution is 2.45. The molecule has 5 aromatic rings. The van der Waals surface area contributed by atoms with Crippen molar-refractivity contribution in [1.29, 1.82) is 0 Å². The number of hydrogen-bond acceptors (Lipinski definition) is 6. The van der Waals surface area contributed by atoms with Crippen molar-refractivity contribution < 1.29 is 14.6 Å². The van der Waals surface area contributed by atoms with Crippen LogP contribution < -0.4 is 0 Å². The number of halogens is 1. The summed E-state index contributed by atoms with van der Waals surface area (Å²) in [6, 6.07) is 16.9. The summed E-state index contributed by atoms with van der Waals surface area (Å²) in [6.07, 6.45) is 3.84. The molecule has 3 aromatic carbocycles. The number of likely N-dealkylation sites (tertiary alicyclic amines) is 1. The molecule has 7 nitrogen and oxygen atoms in total. The molecule has 9 heteroatoms. The van der Waals surface area contributed by atoms with Crippen LogP contribution in [0.4, 0.5) is 0 Å². The Kier molecular flexibility index (Phi) is 7.76. The van der Waals surface area contributed by atoms with Crippen molar-refractivity contribution >= 4 is 50.0 Å². The topological polar surface area (TPSA) is 80.5 Å². The minimum absolute atomic E-state index is 0.451. The fraction of sp³-hybridized carbons (Fsp3) is 0.417. The quantitative estimate of drug-likeness (QED) is 0.191. The van der Waals surface area contributed by atoms with Gasteiger partial charge in [0.15, 0.2) is 6.10 Å². The molecule has 1 aliphatic carbocycles. The lowest BCUT2D eigenvalue weighted by atomic mass is 9.91. The van der Waals surface area contributed by atoms with E-state index in [0.29, 0.717) is 16.5 Å². The number of carboxylic acid groups (broad SMARTS) is 1. The molecule has 1 atom stereocenters. The molecule has 0 radical (unpaired) electrons. The molecule has 0 bridgehead atoms. The number of thiazole rings is 1. The van der Waals surface area contributed by atoms with Gasteiger partial charge in [-0.1, -0.05) is 23.7 Å². The number of carboxylic acids is 1. The molecule has 45 heavy (non-hydrogen) atoms. The summed E-state index contributed by atoms with van der Waals surface area (Å²) >= 11 is 7.86. The van der Waals surface area contributed by atoms with E-state index in [9.17, 15) is 9.90 Å². The number of aliphatic carboxylic acids is 1. The summed E-state index contributed by atoms with van der Waals surface area (Å²) in [7, 11) is 2.03. The van der Waals surface area contributed by atoms with Gasteiger partial charge in [0.1, 0.15) is 5.01 Å². The first kappa shape index (κ1) is 30.4. The van der Waals surface area contributed by atoms with E-state index in [0.717, 1.165) is 75.0 Å². The number of fused-ring (bicyclic) bond motifs is 2. The lowest BCUT2D eigenvalue weighted by molar-refractivity contribution is -0.160. The van der Waals surface area contributed by atoms with Gasteiger partial charge in [0, 0.05) is 46.1 Å². The van der Waals surface area contributed by atoms with E-state index in [-0.39, 0.29) is 0 Å². The van der Waals surface area contributed by atoms with Crippen molar-refractivity contribution in [2.24, 2.45) is 7.05 Å². The highest BCUT2D eigenvalue weighted by atomic mass is 35.5. The van der Waals surface area contributed by atoms with Gasteiger partial charge < -0.3 is 14.7 Å². The second-order valence-electron chi connectivity index (χ2n) is 13.6. The summed E-state index contributed by atoms with van der Waals surface area (Å²) in [4.78, 5) is 20.5. The Morgan fingerprint density at radius 3 is 2.38 bits per heavy atom. The highest BCUT2D eigenvalue weighted by Gasteiger charge is 2.34. The van der Waals surface area contributed by atoms with E-state index < -0.39 is 17.7 Å². The van der Waals surface area contributed by atoms with E-state index in [1.54, 1.807) is 11.3 Å². The second-order valence-corrected chi connectivity index (χ2v) is 15.0. The zero-order valence-corrected chi connectivity index (χ0v) is 28.0. The molecule has 0 amide bonds. The molecular weight excluding hydrogens is 604 g/mol. The molecule has 1 unspecified atom stereocenters. The smallest absolute Gasteiger partial charge is 0.337 e. The first-order chi connectivity index (χ1) is 21.5. The van der Waals surface area contributed by atoms with Crippen LogP contribution in [0.2, 0.25) is 5.02 Å². The van der Waals surface area contributed by atoms with Gasteiger partial charge in [-0.3, -0.25) is 4.68 Å². The zero-order chi connectivity index (χ0) is 31.6. The summed E-state index contributed by atoms with van der Waals surface area (Å²) in [5, 5.41) is 18.1. The van der Waals surface area contributed by atoms with Crippen LogP contribution in [0.5, 0.6) is 0 Å². The normalized spacial score (nSPS) is 17.4. The lowest BCUT2D eigenvalue weighted by Crippen LogP contribution is -2.34. The molecule has 2 aliphatic rings. The third kappa shape index (κ3) is 5.89. The van der Waals surface area contributed by atoms with Crippen LogP contribution in [0, 0.1) is 6.92 Å². The number of carbonyl (C=O) groups is 1. The second kappa shape index (κ2) is 11.5. The van der Waals surface area contributed by atoms with Gasteiger partial charge in [0.05, 0.1) is 27.0 Å². The van der Waals surface area contributed by atoms with Crippen LogP contribution >= 0.6 is 22.9 Å². The number of hydrogen-bond donors (Lipinski definition) is 1. The monoisotopic (exact) mass is 642 g/mol. The van der Waals surface area contributed by atoms with Gasteiger partial charge in [-0.15, -0.1) is 11.3 Å². The van der Waals surface area contributed by atoms with Crippen LogP contribution in [-0.2, 0) is 16.6 Å². The fourth-order valence-corrected chi connectivity index (χ4v) is 8.11. The average molecular weight is 643 g/mol. The van der Waals surface area contributed by atoms with Gasteiger partial charge in [-0.2, -0.15) is 5.10 Å². The zero-order valence-electron chi connectivity index (χ0n) is 26.4. The first-order valence-corrected chi connectivity index (χ1v) is 17.0. The Hall–Kier alpha value is -3.30. The maximum atomic E-state index is 12.7. The predicted octanol–water partition coefficient (Wildman–Crippen LogP) is 8.76. The summed E-state index contributed by atoms with van der Waals surface area (Å²) in [6.45, 7) is 9.87. The van der Waals surface area contributed by atoms with E-state index in [4.69, 9.17) is 26.4 Å². The molecule has 1 saturated heterocycles. The number of piperidine rings is 1. The van der Waals surface area contributed by atoms with Crippen molar-refractivity contribution in [2.75, 3.05) is 13.1 Å². The number of aromatic nitrogens is 3. The minimum Gasteiger partial charge on any atom is -0.479 e. The average Bonchev–Trinajstić information content (AvgIpc) is 3.69.